The van der Waals surface area contributed by atoms with Crippen molar-refractivity contribution in [2.24, 2.45) is 16.6 Å². The molecule has 2 aliphatic rings. The maximum atomic E-state index is 14.0. The first kappa shape index (κ1) is 55.9. The van der Waals surface area contributed by atoms with E-state index in [9.17, 15) is 46.1 Å². The van der Waals surface area contributed by atoms with Crippen molar-refractivity contribution in [2.75, 3.05) is 55.5 Å². The lowest BCUT2D eigenvalue weighted by Crippen LogP contribution is -2.43. The summed E-state index contributed by atoms with van der Waals surface area (Å²) in [7, 11) is 10.7. The van der Waals surface area contributed by atoms with Crippen molar-refractivity contribution < 1.29 is 60.7 Å². The fraction of sp³-hybridized carbons (Fsp3) is 0.520. The molecule has 0 aliphatic heterocycles. The Bertz CT molecular complexity index is 2290. The lowest BCUT2D eigenvalue weighted by molar-refractivity contribution is -0.196. The fourth-order valence-electron chi connectivity index (χ4n) is 8.53. The molecule has 2 fully saturated rings. The first-order valence-electron chi connectivity index (χ1n) is 22.5. The summed E-state index contributed by atoms with van der Waals surface area (Å²) in [5.74, 6) is -2.70. The van der Waals surface area contributed by atoms with E-state index in [0.29, 0.717) is 42.7 Å². The van der Waals surface area contributed by atoms with Crippen molar-refractivity contribution in [3.8, 4) is 23.3 Å². The molecule has 2 aromatic heterocycles. The van der Waals surface area contributed by atoms with Crippen LogP contribution in [0.15, 0.2) is 73.1 Å². The summed E-state index contributed by atoms with van der Waals surface area (Å²) >= 11 is 0. The second-order valence-electron chi connectivity index (χ2n) is 18.4. The van der Waals surface area contributed by atoms with Crippen molar-refractivity contribution in [3.05, 3.63) is 106 Å². The molecule has 0 spiro atoms. The van der Waals surface area contributed by atoms with E-state index in [1.807, 2.05) is 59.1 Å². The molecule has 19 heteroatoms. The van der Waals surface area contributed by atoms with Crippen molar-refractivity contribution in [2.45, 2.75) is 101 Å². The molecule has 4 aromatic rings. The molecule has 380 valence electrons. The van der Waals surface area contributed by atoms with Gasteiger partial charge in [-0.3, -0.25) is 9.59 Å². The standard InChI is InChI=1S/C25H32F3N3O3.C13H14F3NO3.C12H20N2O/c1-16-11-20(32)7-5-17(16)12-19(31(2)3)15-29-22(33)13-21(24(9-10-24)25(26,27)28)18-6-8-23(34-4)30-14-18;1-20-10-3-2-8(7-17-10)9(6-11(18)19)12(4-5-12)13(14,15)16;1-9-6-12(15)5-4-10(9)7-11(8-13)14(2)3/h5-8,11,14,19,21,32H,9-10,12-13,15H2,1-4H3,(H,29,33);2-3,7,9H,4-6H2,1H3,(H,18,19);4-6,11,15H,7-8,13H2,1-3H3/t19-,21?;;11-/m0.0/s1. The molecule has 2 aromatic carbocycles. The summed E-state index contributed by atoms with van der Waals surface area (Å²) < 4.78 is 91.3. The number of carbonyl (C=O) groups is 2. The van der Waals surface area contributed by atoms with Gasteiger partial charge in [0.1, 0.15) is 11.5 Å². The number of nitrogens with two attached hydrogens (primary N) is 1. The third-order valence-corrected chi connectivity index (χ3v) is 13.4. The Morgan fingerprint density at radius 1 is 0.696 bits per heavy atom. The number of methoxy groups -OCH3 is 2. The van der Waals surface area contributed by atoms with Crippen LogP contribution >= 0.6 is 0 Å². The molecule has 4 atom stereocenters. The van der Waals surface area contributed by atoms with Gasteiger partial charge in [-0.15, -0.1) is 0 Å². The van der Waals surface area contributed by atoms with Crippen LogP contribution in [0.3, 0.4) is 0 Å². The number of amides is 1. The molecule has 6 N–H and O–H groups in total. The Kier molecular flexibility index (Phi) is 19.3. The van der Waals surface area contributed by atoms with E-state index in [1.165, 1.54) is 50.4 Å². The van der Waals surface area contributed by atoms with Crippen LogP contribution in [0, 0.1) is 24.7 Å². The molecule has 0 radical (unpaired) electrons. The molecule has 2 heterocycles. The van der Waals surface area contributed by atoms with Crippen LogP contribution < -0.4 is 20.5 Å². The Hall–Kier alpha value is -5.66. The minimum absolute atomic E-state index is 0.000921. The number of rotatable bonds is 19. The van der Waals surface area contributed by atoms with Gasteiger partial charge >= 0.3 is 18.3 Å². The van der Waals surface area contributed by atoms with Crippen molar-refractivity contribution in [1.82, 2.24) is 25.1 Å². The highest BCUT2D eigenvalue weighted by molar-refractivity contribution is 5.77. The zero-order chi connectivity index (χ0) is 51.5. The van der Waals surface area contributed by atoms with E-state index in [0.717, 1.165) is 23.1 Å². The predicted octanol–water partition coefficient (Wildman–Crippen LogP) is 8.33. The van der Waals surface area contributed by atoms with E-state index < -0.39 is 53.3 Å². The molecule has 2 saturated carbocycles. The van der Waals surface area contributed by atoms with E-state index in [2.05, 4.69) is 20.2 Å². The maximum Gasteiger partial charge on any atom is 0.395 e. The Morgan fingerprint density at radius 3 is 1.41 bits per heavy atom. The van der Waals surface area contributed by atoms with Crippen LogP contribution in [-0.2, 0) is 22.4 Å². The number of ether oxygens (including phenoxy) is 2. The molecule has 2 unspecified atom stereocenters. The molecule has 6 rings (SSSR count). The van der Waals surface area contributed by atoms with Crippen LogP contribution in [0.25, 0.3) is 0 Å². The minimum atomic E-state index is -4.41. The summed E-state index contributed by atoms with van der Waals surface area (Å²) in [4.78, 5) is 35.8. The highest BCUT2D eigenvalue weighted by Crippen LogP contribution is 2.67. The molecule has 1 amide bonds. The normalized spacial score (nSPS) is 16.4. The number of nitrogens with one attached hydrogen (secondary N) is 1. The van der Waals surface area contributed by atoms with Crippen molar-refractivity contribution in [1.29, 1.82) is 0 Å². The number of aromatic nitrogens is 2. The van der Waals surface area contributed by atoms with Crippen LogP contribution in [0.5, 0.6) is 23.3 Å². The van der Waals surface area contributed by atoms with Crippen molar-refractivity contribution >= 4 is 11.9 Å². The minimum Gasteiger partial charge on any atom is -0.508 e. The SMILES string of the molecule is COc1ccc(C(CC(=O)NC[C@H](Cc2ccc(O)cc2C)N(C)C)C2(C(F)(F)F)CC2)cn1.COc1ccc(C(CC(=O)O)C2(C(F)(F)F)CC2)cn1.Cc1cc(O)ccc1C[C@@H](CN)N(C)C. The Labute approximate surface area is 400 Å². The summed E-state index contributed by atoms with van der Waals surface area (Å²) in [6, 6.07) is 16.9. The smallest absolute Gasteiger partial charge is 0.395 e. The number of likely N-dealkylation sites (N-methyl/N-ethyl adjacent to an activating group) is 2. The number of phenols is 2. The molecule has 0 saturated heterocycles. The van der Waals surface area contributed by atoms with Gasteiger partial charge in [0.05, 0.1) is 31.5 Å². The van der Waals surface area contributed by atoms with Crippen LogP contribution in [0.1, 0.15) is 83.7 Å². The average molecular weight is 977 g/mol. The number of alkyl halides is 6. The largest absolute Gasteiger partial charge is 0.508 e. The predicted molar refractivity (Wildman–Crippen MR) is 249 cm³/mol. The summed E-state index contributed by atoms with van der Waals surface area (Å²) in [5, 5.41) is 30.7. The highest BCUT2D eigenvalue weighted by atomic mass is 19.4. The number of aromatic hydroxyl groups is 2. The van der Waals surface area contributed by atoms with Gasteiger partial charge in [-0.1, -0.05) is 24.3 Å². The van der Waals surface area contributed by atoms with E-state index in [1.54, 1.807) is 30.3 Å². The number of aliphatic carboxylic acids is 1. The number of carboxylic acids is 1. The number of hydrogen-bond donors (Lipinski definition) is 5. The lowest BCUT2D eigenvalue weighted by atomic mass is 9.80. The molecular weight excluding hydrogens is 911 g/mol. The van der Waals surface area contributed by atoms with Gasteiger partial charge in [0.25, 0.3) is 0 Å². The second kappa shape index (κ2) is 23.8. The Morgan fingerprint density at radius 2 is 1.10 bits per heavy atom. The maximum absolute atomic E-state index is 14.0. The number of hydrogen-bond acceptors (Lipinski definition) is 11. The van der Waals surface area contributed by atoms with Crippen LogP contribution in [0.2, 0.25) is 0 Å². The van der Waals surface area contributed by atoms with Gasteiger partial charge in [-0.2, -0.15) is 26.3 Å². The topological polar surface area (TPSA) is 184 Å². The number of benzene rings is 2. The van der Waals surface area contributed by atoms with Crippen LogP contribution in [-0.4, -0.2) is 127 Å². The fourth-order valence-corrected chi connectivity index (χ4v) is 8.53. The Balaban J connectivity index is 0.000000250. The first-order chi connectivity index (χ1) is 32.3. The third kappa shape index (κ3) is 14.9. The summed E-state index contributed by atoms with van der Waals surface area (Å²) in [6.07, 6.45) is -5.54. The van der Waals surface area contributed by atoms with E-state index >= 15 is 0 Å². The average Bonchev–Trinajstić information content (AvgIpc) is 4.22. The van der Waals surface area contributed by atoms with Crippen molar-refractivity contribution in [3.63, 3.8) is 0 Å². The zero-order valence-corrected chi connectivity index (χ0v) is 40.4. The van der Waals surface area contributed by atoms with Gasteiger partial charge in [0, 0.05) is 68.0 Å². The van der Waals surface area contributed by atoms with Gasteiger partial charge in [-0.25, -0.2) is 9.97 Å². The highest BCUT2D eigenvalue weighted by Gasteiger charge is 2.68. The molecule has 2 aliphatic carbocycles. The van der Waals surface area contributed by atoms with Gasteiger partial charge in [-0.05, 0) is 138 Å². The quantitative estimate of drug-likeness (QED) is 0.0568. The molecule has 0 bridgehead atoms. The number of halogens is 6. The lowest BCUT2D eigenvalue weighted by Gasteiger charge is -2.30. The summed E-state index contributed by atoms with van der Waals surface area (Å²) in [6.45, 7) is 4.85. The number of phenolic OH excluding ortho intramolecular Hbond substituents is 2. The second-order valence-corrected chi connectivity index (χ2v) is 18.4. The number of aryl methyl sites for hydroxylation is 2. The number of carboxylic acid groups (broad SMARTS) is 1. The third-order valence-electron chi connectivity index (χ3n) is 13.4. The number of carbonyl (C=O) groups excluding carboxylic acids is 1. The van der Waals surface area contributed by atoms with Crippen LogP contribution in [0.4, 0.5) is 26.3 Å². The van der Waals surface area contributed by atoms with Gasteiger partial charge < -0.3 is 45.6 Å². The molecular formula is C50H66F6N6O7. The zero-order valence-electron chi connectivity index (χ0n) is 40.4. The van der Waals surface area contributed by atoms with E-state index in [4.69, 9.17) is 20.3 Å². The van der Waals surface area contributed by atoms with Gasteiger partial charge in [0.15, 0.2) is 0 Å². The van der Waals surface area contributed by atoms with Gasteiger partial charge in [0.2, 0.25) is 17.7 Å². The number of nitrogens with zero attached hydrogens (tertiary/aromatic N) is 4. The molecule has 69 heavy (non-hydrogen) atoms. The molecule has 13 nitrogen and oxygen atoms in total. The first-order valence-corrected chi connectivity index (χ1v) is 22.5. The monoisotopic (exact) mass is 976 g/mol. The van der Waals surface area contributed by atoms with E-state index in [-0.39, 0.29) is 55.3 Å². The summed E-state index contributed by atoms with van der Waals surface area (Å²) in [5.41, 5.74) is 6.88. The number of pyridine rings is 2.